The zero-order valence-corrected chi connectivity index (χ0v) is 24.5. The Morgan fingerprint density at radius 3 is 2.60 bits per heavy atom. The predicted octanol–water partition coefficient (Wildman–Crippen LogP) is 4.53. The Hall–Kier alpha value is -3.27. The van der Waals surface area contributed by atoms with Crippen molar-refractivity contribution in [3.05, 3.63) is 82.9 Å². The van der Waals surface area contributed by atoms with Gasteiger partial charge >= 0.3 is 0 Å². The summed E-state index contributed by atoms with van der Waals surface area (Å²) in [7, 11) is 0. The van der Waals surface area contributed by atoms with Crippen LogP contribution in [0.3, 0.4) is 0 Å². The van der Waals surface area contributed by atoms with E-state index >= 15 is 0 Å². The molecule has 2 fully saturated rings. The highest BCUT2D eigenvalue weighted by Crippen LogP contribution is 2.41. The predicted molar refractivity (Wildman–Crippen MR) is 162 cm³/mol. The molecule has 0 spiro atoms. The van der Waals surface area contributed by atoms with Gasteiger partial charge in [-0.1, -0.05) is 24.3 Å². The molecule has 1 amide bonds. The molecule has 2 aliphatic rings. The first-order valence-corrected chi connectivity index (χ1v) is 14.6. The number of ether oxygens (including phenoxy) is 1. The van der Waals surface area contributed by atoms with Crippen LogP contribution < -0.4 is 10.6 Å². The maximum absolute atomic E-state index is 13.0. The molecule has 0 bridgehead atoms. The third-order valence-electron chi connectivity index (χ3n) is 8.09. The summed E-state index contributed by atoms with van der Waals surface area (Å²) in [6.45, 7) is 12.6. The van der Waals surface area contributed by atoms with Gasteiger partial charge in [0.15, 0.2) is 5.11 Å². The molecule has 0 radical (unpaired) electrons. The van der Waals surface area contributed by atoms with Gasteiger partial charge in [0.05, 0.1) is 31.0 Å². The van der Waals surface area contributed by atoms with Crippen molar-refractivity contribution in [2.24, 2.45) is 0 Å². The molecule has 9 heteroatoms. The monoisotopic (exact) mass is 560 g/mol. The zero-order chi connectivity index (χ0) is 28.1. The molecule has 4 heterocycles. The van der Waals surface area contributed by atoms with Crippen LogP contribution in [0.15, 0.2) is 54.7 Å². The number of aromatic nitrogens is 2. The third kappa shape index (κ3) is 6.37. The second-order valence-corrected chi connectivity index (χ2v) is 11.1. The molecular weight excluding hydrogens is 520 g/mol. The van der Waals surface area contributed by atoms with Gasteiger partial charge in [-0.25, -0.2) is 0 Å². The molecule has 40 heavy (non-hydrogen) atoms. The standard InChI is InChI=1S/C31H40N6O2S/c1-22-9-4-5-10-26(22)33-28(38)12-16-37-30(29(34-31(37)40)27-11-6-7-13-32-27)25-21-23(2)36(24(25)3)15-8-14-35-17-19-39-20-18-35/h4-7,9-11,13,21,29-30H,8,12,14-20H2,1-3H3,(H,33,38)(H,34,40). The van der Waals surface area contributed by atoms with E-state index < -0.39 is 0 Å². The number of hydrogen-bond donors (Lipinski definition) is 2. The Labute approximate surface area is 242 Å². The summed E-state index contributed by atoms with van der Waals surface area (Å²) in [4.78, 5) is 22.3. The van der Waals surface area contributed by atoms with Crippen molar-refractivity contribution in [3.63, 3.8) is 0 Å². The first-order chi connectivity index (χ1) is 19.4. The fraction of sp³-hybridized carbons (Fsp3) is 0.452. The van der Waals surface area contributed by atoms with Crippen LogP contribution in [0.5, 0.6) is 0 Å². The number of hydrogen-bond acceptors (Lipinski definition) is 5. The number of nitrogens with one attached hydrogen (secondary N) is 2. The van der Waals surface area contributed by atoms with Crippen LogP contribution in [0.2, 0.25) is 0 Å². The van der Waals surface area contributed by atoms with Crippen molar-refractivity contribution in [1.82, 2.24) is 24.7 Å². The highest BCUT2D eigenvalue weighted by atomic mass is 32.1. The lowest BCUT2D eigenvalue weighted by molar-refractivity contribution is -0.116. The Morgan fingerprint density at radius 2 is 1.85 bits per heavy atom. The molecule has 2 aromatic heterocycles. The molecule has 0 saturated carbocycles. The molecule has 2 atom stereocenters. The van der Waals surface area contributed by atoms with Crippen LogP contribution in [0.1, 0.15) is 53.1 Å². The number of aryl methyl sites for hydroxylation is 2. The SMILES string of the molecule is Cc1ccccc1NC(=O)CCN1C(=S)NC(c2ccccn2)C1c1cc(C)n(CCCN2CCOCC2)c1C. The van der Waals surface area contributed by atoms with Gasteiger partial charge in [-0.15, -0.1) is 0 Å². The van der Waals surface area contributed by atoms with Crippen LogP contribution in [0.4, 0.5) is 5.69 Å². The summed E-state index contributed by atoms with van der Waals surface area (Å²) in [5.41, 5.74) is 6.54. The largest absolute Gasteiger partial charge is 0.379 e. The molecule has 0 aliphatic carbocycles. The number of para-hydroxylation sites is 1. The summed E-state index contributed by atoms with van der Waals surface area (Å²) in [6, 6.07) is 16.0. The average molecular weight is 561 g/mol. The van der Waals surface area contributed by atoms with E-state index in [2.05, 4.69) is 49.9 Å². The van der Waals surface area contributed by atoms with Gasteiger partial charge in [0.25, 0.3) is 0 Å². The van der Waals surface area contributed by atoms with E-state index in [1.54, 1.807) is 0 Å². The van der Waals surface area contributed by atoms with E-state index in [-0.39, 0.29) is 18.0 Å². The summed E-state index contributed by atoms with van der Waals surface area (Å²) in [5.74, 6) is -0.0225. The lowest BCUT2D eigenvalue weighted by atomic mass is 9.96. The number of morpholine rings is 1. The first kappa shape index (κ1) is 28.3. The van der Waals surface area contributed by atoms with Crippen LogP contribution in [-0.2, 0) is 16.1 Å². The second kappa shape index (κ2) is 12.9. The van der Waals surface area contributed by atoms with Crippen molar-refractivity contribution in [2.45, 2.75) is 52.2 Å². The minimum absolute atomic E-state index is 0.0225. The molecular formula is C31H40N6O2S. The Morgan fingerprint density at radius 1 is 1.07 bits per heavy atom. The van der Waals surface area contributed by atoms with E-state index in [1.807, 2.05) is 55.6 Å². The third-order valence-corrected chi connectivity index (χ3v) is 8.44. The van der Waals surface area contributed by atoms with Crippen LogP contribution in [-0.4, -0.2) is 69.8 Å². The topological polar surface area (TPSA) is 74.7 Å². The van der Waals surface area contributed by atoms with E-state index in [4.69, 9.17) is 17.0 Å². The first-order valence-electron chi connectivity index (χ1n) is 14.2. The molecule has 1 aromatic carbocycles. The summed E-state index contributed by atoms with van der Waals surface area (Å²) in [5, 5.41) is 7.25. The maximum Gasteiger partial charge on any atom is 0.226 e. The number of amides is 1. The van der Waals surface area contributed by atoms with Crippen molar-refractivity contribution in [2.75, 3.05) is 44.7 Å². The molecule has 5 rings (SSSR count). The number of pyridine rings is 1. The van der Waals surface area contributed by atoms with Crippen molar-refractivity contribution in [1.29, 1.82) is 0 Å². The second-order valence-electron chi connectivity index (χ2n) is 10.7. The van der Waals surface area contributed by atoms with Gasteiger partial charge in [-0.2, -0.15) is 0 Å². The van der Waals surface area contributed by atoms with E-state index in [0.29, 0.717) is 18.1 Å². The van der Waals surface area contributed by atoms with Crippen molar-refractivity contribution < 1.29 is 9.53 Å². The van der Waals surface area contributed by atoms with E-state index in [9.17, 15) is 4.79 Å². The van der Waals surface area contributed by atoms with Gasteiger partial charge in [0.2, 0.25) is 5.91 Å². The smallest absolute Gasteiger partial charge is 0.226 e. The Balaban J connectivity index is 1.35. The number of carbonyl (C=O) groups is 1. The maximum atomic E-state index is 13.0. The van der Waals surface area contributed by atoms with Crippen molar-refractivity contribution >= 4 is 28.9 Å². The minimum Gasteiger partial charge on any atom is -0.379 e. The Kier molecular flexibility index (Phi) is 9.14. The fourth-order valence-electron chi connectivity index (χ4n) is 5.88. The molecule has 8 nitrogen and oxygen atoms in total. The quantitative estimate of drug-likeness (QED) is 0.353. The lowest BCUT2D eigenvalue weighted by Crippen LogP contribution is -2.37. The number of benzene rings is 1. The van der Waals surface area contributed by atoms with E-state index in [1.165, 1.54) is 17.0 Å². The lowest BCUT2D eigenvalue weighted by Gasteiger charge is -2.28. The Bertz CT molecular complexity index is 1320. The van der Waals surface area contributed by atoms with Crippen LogP contribution >= 0.6 is 12.2 Å². The van der Waals surface area contributed by atoms with Gasteiger partial charge in [0.1, 0.15) is 0 Å². The highest BCUT2D eigenvalue weighted by molar-refractivity contribution is 7.80. The van der Waals surface area contributed by atoms with Gasteiger partial charge in [-0.05, 0) is 74.8 Å². The van der Waals surface area contributed by atoms with Crippen LogP contribution in [0.25, 0.3) is 0 Å². The van der Waals surface area contributed by atoms with Gasteiger partial charge in [0, 0.05) is 62.4 Å². The van der Waals surface area contributed by atoms with Crippen molar-refractivity contribution in [3.8, 4) is 0 Å². The number of carbonyl (C=O) groups excluding carboxylic acids is 1. The molecule has 3 aromatic rings. The van der Waals surface area contributed by atoms with Gasteiger partial charge < -0.3 is 24.8 Å². The summed E-state index contributed by atoms with van der Waals surface area (Å²) >= 11 is 5.86. The molecule has 2 N–H and O–H groups in total. The summed E-state index contributed by atoms with van der Waals surface area (Å²) in [6.07, 6.45) is 3.24. The molecule has 2 unspecified atom stereocenters. The zero-order valence-electron chi connectivity index (χ0n) is 23.7. The number of thiocarbonyl (C=S) groups is 1. The minimum atomic E-state index is -0.101. The number of anilines is 1. The molecule has 212 valence electrons. The van der Waals surface area contributed by atoms with Crippen LogP contribution in [0, 0.1) is 20.8 Å². The summed E-state index contributed by atoms with van der Waals surface area (Å²) < 4.78 is 7.93. The number of rotatable bonds is 10. The normalized spacial score (nSPS) is 19.6. The highest BCUT2D eigenvalue weighted by Gasteiger charge is 2.41. The number of nitrogens with zero attached hydrogens (tertiary/aromatic N) is 4. The molecule has 2 aliphatic heterocycles. The fourth-order valence-corrected chi connectivity index (χ4v) is 6.21. The van der Waals surface area contributed by atoms with E-state index in [0.717, 1.165) is 62.8 Å². The van der Waals surface area contributed by atoms with Gasteiger partial charge in [-0.3, -0.25) is 14.7 Å². The average Bonchev–Trinajstić information content (AvgIpc) is 3.44. The molecule has 2 saturated heterocycles.